The summed E-state index contributed by atoms with van der Waals surface area (Å²) in [6.07, 6.45) is 15.3. The van der Waals surface area contributed by atoms with E-state index in [1.54, 1.807) is 0 Å². The van der Waals surface area contributed by atoms with Crippen LogP contribution in [0.4, 0.5) is 0 Å². The number of hydrogen-bond donors (Lipinski definition) is 0. The summed E-state index contributed by atoms with van der Waals surface area (Å²) >= 11 is 2.29. The van der Waals surface area contributed by atoms with Gasteiger partial charge in [0.2, 0.25) is 0 Å². The van der Waals surface area contributed by atoms with Crippen LogP contribution >= 0.6 is 11.8 Å². The lowest BCUT2D eigenvalue weighted by Crippen LogP contribution is -2.50. The van der Waals surface area contributed by atoms with E-state index in [9.17, 15) is 0 Å². The fourth-order valence-corrected chi connectivity index (χ4v) is 19.1. The molecule has 0 saturated carbocycles. The van der Waals surface area contributed by atoms with Gasteiger partial charge in [-0.05, 0) is 61.1 Å². The first-order valence-corrected chi connectivity index (χ1v) is 31.7. The Bertz CT molecular complexity index is 612. The summed E-state index contributed by atoms with van der Waals surface area (Å²) < 4.78 is 40.2. The molecule has 11 heteroatoms. The molecule has 0 heterocycles. The molecule has 0 spiro atoms. The van der Waals surface area contributed by atoms with Crippen LogP contribution in [0.25, 0.3) is 0 Å². The summed E-state index contributed by atoms with van der Waals surface area (Å²) in [6, 6.07) is 1.84. The van der Waals surface area contributed by atoms with E-state index < -0.39 is 33.8 Å². The lowest BCUT2D eigenvalue weighted by Gasteiger charge is -2.39. The van der Waals surface area contributed by atoms with Crippen LogP contribution in [0.2, 0.25) is 51.4 Å². The van der Waals surface area contributed by atoms with Crippen LogP contribution in [0.15, 0.2) is 0 Å². The lowest BCUT2D eigenvalue weighted by atomic mass is 10.4. The van der Waals surface area contributed by atoms with Gasteiger partial charge in [-0.1, -0.05) is 119 Å². The monoisotopic (exact) mass is 754 g/mol. The molecule has 0 amide bonds. The minimum absolute atomic E-state index is 0.601. The molecule has 0 N–H and O–H groups in total. The smallest absolute Gasteiger partial charge is 0.373 e. The highest BCUT2D eigenvalue weighted by atomic mass is 32.2. The molecule has 0 aromatic carbocycles. The van der Waals surface area contributed by atoms with E-state index in [4.69, 9.17) is 26.6 Å². The van der Waals surface area contributed by atoms with Gasteiger partial charge in [0.05, 0.1) is 16.1 Å². The number of thioether (sulfide) groups is 1. The summed E-state index contributed by atoms with van der Waals surface area (Å²) in [6.45, 7) is 33.1. The first kappa shape index (κ1) is 48.0. The molecule has 0 aromatic heterocycles. The third-order valence-corrected chi connectivity index (χ3v) is 24.9. The molecule has 0 aromatic rings. The third-order valence-electron chi connectivity index (χ3n) is 8.61. The Morgan fingerprint density at radius 1 is 0.383 bits per heavy atom. The summed E-state index contributed by atoms with van der Waals surface area (Å²) in [7, 11) is -8.64. The maximum absolute atomic E-state index is 6.70. The largest absolute Gasteiger partial charge is 0.500 e. The van der Waals surface area contributed by atoms with Crippen LogP contribution in [-0.4, -0.2) is 83.1 Å². The van der Waals surface area contributed by atoms with Crippen molar-refractivity contribution in [3.8, 4) is 0 Å². The van der Waals surface area contributed by atoms with E-state index in [-0.39, 0.29) is 0 Å². The molecule has 0 aliphatic carbocycles. The van der Waals surface area contributed by atoms with Gasteiger partial charge in [0.15, 0.2) is 0 Å². The highest BCUT2D eigenvalue weighted by Crippen LogP contribution is 2.39. The van der Waals surface area contributed by atoms with E-state index in [1.807, 2.05) is 0 Å². The molecule has 0 aliphatic heterocycles. The maximum atomic E-state index is 6.70. The van der Waals surface area contributed by atoms with Crippen molar-refractivity contribution in [1.82, 2.24) is 0 Å². The van der Waals surface area contributed by atoms with Gasteiger partial charge in [0.1, 0.15) is 0 Å². The van der Waals surface area contributed by atoms with Gasteiger partial charge < -0.3 is 26.6 Å². The van der Waals surface area contributed by atoms with Gasteiger partial charge in [-0.3, -0.25) is 0 Å². The molecule has 0 fully saturated rings. The Morgan fingerprint density at radius 3 is 0.766 bits per heavy atom. The summed E-state index contributed by atoms with van der Waals surface area (Å²) in [5.74, 6) is 0. The fourth-order valence-electron chi connectivity index (χ4n) is 5.14. The van der Waals surface area contributed by atoms with Crippen LogP contribution in [0.1, 0.15) is 131 Å². The van der Waals surface area contributed by atoms with Crippen LogP contribution in [0.5, 0.6) is 0 Å². The fraction of sp³-hybridized carbons (Fsp3) is 1.00. The van der Waals surface area contributed by atoms with Gasteiger partial charge in [-0.25, -0.2) is 0 Å². The standard InChI is InChI=1S/C36H82O6SSi4/c1-13-19-27-37-46(38-28-20-14-2,39-29-21-15-3)33-25-35(44(7,8)9)43-36(45(10,11)12)26-34-47(40-30-22-16-4,41-31-23-17-5)42-32-24-18-6/h35-36H,13-34H2,1-12H3. The van der Waals surface area contributed by atoms with Crippen molar-refractivity contribution in [2.75, 3.05) is 39.6 Å². The van der Waals surface area contributed by atoms with Crippen molar-refractivity contribution < 1.29 is 26.6 Å². The molecule has 0 bridgehead atoms. The van der Waals surface area contributed by atoms with Crippen LogP contribution in [0.3, 0.4) is 0 Å². The number of unbranched alkanes of at least 4 members (excludes halogenated alkanes) is 6. The molecular weight excluding hydrogens is 673 g/mol. The highest BCUT2D eigenvalue weighted by molar-refractivity contribution is 8.03. The third kappa shape index (κ3) is 22.5. The van der Waals surface area contributed by atoms with E-state index in [2.05, 4.69) is 92.6 Å². The second-order valence-electron chi connectivity index (χ2n) is 15.5. The van der Waals surface area contributed by atoms with Crippen molar-refractivity contribution in [2.45, 2.75) is 193 Å². The molecule has 2 atom stereocenters. The Labute approximate surface area is 303 Å². The Balaban J connectivity index is 6.22. The van der Waals surface area contributed by atoms with Crippen molar-refractivity contribution >= 4 is 45.5 Å². The quantitative estimate of drug-likeness (QED) is 0.0479. The second-order valence-corrected chi connectivity index (χ2v) is 34.1. The number of hydrogen-bond acceptors (Lipinski definition) is 7. The van der Waals surface area contributed by atoms with Gasteiger partial charge in [0.25, 0.3) is 0 Å². The minimum atomic E-state index is -2.78. The van der Waals surface area contributed by atoms with E-state index in [0.29, 0.717) is 9.75 Å². The van der Waals surface area contributed by atoms with Crippen LogP contribution in [-0.2, 0) is 26.6 Å². The van der Waals surface area contributed by atoms with Crippen molar-refractivity contribution in [1.29, 1.82) is 0 Å². The average molecular weight is 755 g/mol. The van der Waals surface area contributed by atoms with Gasteiger partial charge in [0, 0.05) is 51.7 Å². The van der Waals surface area contributed by atoms with Crippen LogP contribution < -0.4 is 0 Å². The lowest BCUT2D eigenvalue weighted by molar-refractivity contribution is 0.0554. The van der Waals surface area contributed by atoms with E-state index in [0.717, 1.165) is 142 Å². The topological polar surface area (TPSA) is 55.4 Å². The minimum Gasteiger partial charge on any atom is -0.373 e. The number of rotatable bonds is 34. The zero-order valence-corrected chi connectivity index (χ0v) is 38.4. The second kappa shape index (κ2) is 27.6. The first-order chi connectivity index (χ1) is 22.3. The molecule has 2 unspecified atom stereocenters. The molecule has 284 valence electrons. The maximum Gasteiger partial charge on any atom is 0.500 e. The summed E-state index contributed by atoms with van der Waals surface area (Å²) in [5, 5.41) is 0. The molecule has 0 aliphatic rings. The van der Waals surface area contributed by atoms with Gasteiger partial charge >= 0.3 is 17.6 Å². The van der Waals surface area contributed by atoms with E-state index in [1.165, 1.54) is 0 Å². The highest BCUT2D eigenvalue weighted by Gasteiger charge is 2.46. The molecule has 0 rings (SSSR count). The zero-order chi connectivity index (χ0) is 35.7. The molecule has 47 heavy (non-hydrogen) atoms. The average Bonchev–Trinajstić information content (AvgIpc) is 3.00. The normalized spacial score (nSPS) is 14.6. The predicted octanol–water partition coefficient (Wildman–Crippen LogP) is 11.8. The van der Waals surface area contributed by atoms with Crippen molar-refractivity contribution in [3.05, 3.63) is 0 Å². The Morgan fingerprint density at radius 2 is 0.596 bits per heavy atom. The van der Waals surface area contributed by atoms with Gasteiger partial charge in [-0.15, -0.1) is 0 Å². The molecular formula is C36H82O6SSi4. The Hall–Kier alpha value is 0.978. The summed E-state index contributed by atoms with van der Waals surface area (Å²) in [5.41, 5.74) is 0. The zero-order valence-electron chi connectivity index (χ0n) is 33.6. The summed E-state index contributed by atoms with van der Waals surface area (Å²) in [4.78, 5) is 1.20. The first-order valence-electron chi connectivity index (χ1n) is 19.8. The van der Waals surface area contributed by atoms with Gasteiger partial charge in [-0.2, -0.15) is 11.8 Å². The SMILES string of the molecule is CCCCO[Si](CCC(SC(CC[Si](OCCCC)(OCCCC)OCCCC)[Si](C)(C)C)[Si](C)(C)C)(OCCCC)OCCCC. The van der Waals surface area contributed by atoms with Crippen LogP contribution in [0, 0.1) is 0 Å². The van der Waals surface area contributed by atoms with E-state index >= 15 is 0 Å². The van der Waals surface area contributed by atoms with Crippen molar-refractivity contribution in [2.24, 2.45) is 0 Å². The van der Waals surface area contributed by atoms with Crippen molar-refractivity contribution in [3.63, 3.8) is 0 Å². The molecule has 0 radical (unpaired) electrons. The Kier molecular flexibility index (Phi) is 28.2. The molecule has 6 nitrogen and oxygen atoms in total. The predicted molar refractivity (Wildman–Crippen MR) is 217 cm³/mol. The molecule has 0 saturated heterocycles.